The van der Waals surface area contributed by atoms with Crippen LogP contribution in [-0.2, 0) is 11.8 Å². The van der Waals surface area contributed by atoms with Crippen LogP contribution in [0.4, 0.5) is 5.69 Å². The number of fused-ring (bicyclic) bond motifs is 2. The Labute approximate surface area is 211 Å². The summed E-state index contributed by atoms with van der Waals surface area (Å²) in [6, 6.07) is 19.1. The highest BCUT2D eigenvalue weighted by atomic mass is 32.2. The lowest BCUT2D eigenvalue weighted by Crippen LogP contribution is -2.24. The molecule has 180 valence electrons. The Bertz CT molecular complexity index is 1530. The predicted molar refractivity (Wildman–Crippen MR) is 137 cm³/mol. The van der Waals surface area contributed by atoms with Crippen LogP contribution in [0, 0.1) is 0 Å². The molecule has 0 saturated carbocycles. The van der Waals surface area contributed by atoms with Crippen LogP contribution in [0.2, 0.25) is 0 Å². The molecule has 9 heteroatoms. The van der Waals surface area contributed by atoms with Crippen LogP contribution >= 0.6 is 11.8 Å². The molecule has 0 bridgehead atoms. The minimum Gasteiger partial charge on any atom is -0.497 e. The van der Waals surface area contributed by atoms with Gasteiger partial charge in [-0.3, -0.25) is 14.4 Å². The number of methoxy groups -OCH3 is 1. The highest BCUT2D eigenvalue weighted by Crippen LogP contribution is 2.31. The fourth-order valence-corrected chi connectivity index (χ4v) is 4.88. The van der Waals surface area contributed by atoms with E-state index in [1.54, 1.807) is 56.5 Å². The molecule has 1 N–H and O–H groups in total. The van der Waals surface area contributed by atoms with Crippen LogP contribution in [0.25, 0.3) is 11.4 Å². The van der Waals surface area contributed by atoms with Crippen molar-refractivity contribution >= 4 is 34.9 Å². The Morgan fingerprint density at radius 2 is 1.61 bits per heavy atom. The van der Waals surface area contributed by atoms with Crippen LogP contribution in [0.1, 0.15) is 38.8 Å². The van der Waals surface area contributed by atoms with Crippen LogP contribution in [-0.4, -0.2) is 44.6 Å². The summed E-state index contributed by atoms with van der Waals surface area (Å²) in [5.41, 5.74) is 2.69. The zero-order valence-corrected chi connectivity index (χ0v) is 20.6. The van der Waals surface area contributed by atoms with E-state index in [9.17, 15) is 14.4 Å². The smallest absolute Gasteiger partial charge is 0.237 e. The number of rotatable bonds is 6. The van der Waals surface area contributed by atoms with Gasteiger partial charge in [0.2, 0.25) is 5.91 Å². The number of hydrogen-bond donors (Lipinski definition) is 1. The van der Waals surface area contributed by atoms with Crippen molar-refractivity contribution in [2.75, 3.05) is 12.4 Å². The third kappa shape index (κ3) is 4.18. The standard InChI is InChI=1S/C27H22N4O4S/c1-15(36-27-30-29-25(31(27)2)16-7-6-8-18(13-16)35-3)26(34)28-17-11-12-21-22(14-17)24(33)20-10-5-4-9-19(20)23(21)32/h4-15H,1-3H3,(H,28,34). The summed E-state index contributed by atoms with van der Waals surface area (Å²) >= 11 is 1.27. The van der Waals surface area contributed by atoms with Crippen molar-refractivity contribution < 1.29 is 19.1 Å². The lowest BCUT2D eigenvalue weighted by atomic mass is 9.84. The molecule has 1 aliphatic rings. The average Bonchev–Trinajstić information content (AvgIpc) is 3.26. The lowest BCUT2D eigenvalue weighted by Gasteiger charge is -2.18. The largest absolute Gasteiger partial charge is 0.497 e. The van der Waals surface area contributed by atoms with Crippen molar-refractivity contribution in [2.24, 2.45) is 7.05 Å². The van der Waals surface area contributed by atoms with Gasteiger partial charge in [-0.05, 0) is 37.3 Å². The highest BCUT2D eigenvalue weighted by molar-refractivity contribution is 8.00. The number of anilines is 1. The maximum absolute atomic E-state index is 13.0. The number of nitrogens with one attached hydrogen (secondary N) is 1. The molecule has 4 aromatic rings. The van der Waals surface area contributed by atoms with Crippen molar-refractivity contribution in [3.05, 3.63) is 89.0 Å². The number of nitrogens with zero attached hydrogens (tertiary/aromatic N) is 3. The Morgan fingerprint density at radius 1 is 0.917 bits per heavy atom. The minimum atomic E-state index is -0.500. The number of ketones is 2. The lowest BCUT2D eigenvalue weighted by molar-refractivity contribution is -0.115. The number of carbonyl (C=O) groups excluding carboxylic acids is 3. The zero-order chi connectivity index (χ0) is 25.4. The van der Waals surface area contributed by atoms with Crippen molar-refractivity contribution in [1.82, 2.24) is 14.8 Å². The van der Waals surface area contributed by atoms with Gasteiger partial charge < -0.3 is 14.6 Å². The molecule has 3 aromatic carbocycles. The number of benzene rings is 3. The predicted octanol–water partition coefficient (Wildman–Crippen LogP) is 4.39. The molecule has 5 rings (SSSR count). The molecule has 0 spiro atoms. The van der Waals surface area contributed by atoms with E-state index >= 15 is 0 Å². The monoisotopic (exact) mass is 498 g/mol. The topological polar surface area (TPSA) is 103 Å². The van der Waals surface area contributed by atoms with E-state index < -0.39 is 5.25 Å². The maximum atomic E-state index is 13.0. The van der Waals surface area contributed by atoms with Gasteiger partial charge in [0.1, 0.15) is 5.75 Å². The molecule has 1 unspecified atom stereocenters. The SMILES string of the molecule is COc1cccc(-c2nnc(SC(C)C(=O)Nc3ccc4c(c3)C(=O)c3ccccc3C4=O)n2C)c1. The minimum absolute atomic E-state index is 0.198. The molecular weight excluding hydrogens is 476 g/mol. The Morgan fingerprint density at radius 3 is 2.33 bits per heavy atom. The summed E-state index contributed by atoms with van der Waals surface area (Å²) in [6.07, 6.45) is 0. The van der Waals surface area contributed by atoms with Gasteiger partial charge in [-0.2, -0.15) is 0 Å². The zero-order valence-electron chi connectivity index (χ0n) is 19.8. The molecule has 0 saturated heterocycles. The first-order valence-corrected chi connectivity index (χ1v) is 12.1. The third-order valence-electron chi connectivity index (χ3n) is 6.01. The first-order valence-electron chi connectivity index (χ1n) is 11.2. The number of aromatic nitrogens is 3. The molecule has 0 aliphatic heterocycles. The van der Waals surface area contributed by atoms with E-state index in [2.05, 4.69) is 15.5 Å². The highest BCUT2D eigenvalue weighted by Gasteiger charge is 2.29. The van der Waals surface area contributed by atoms with Gasteiger partial charge in [0.25, 0.3) is 0 Å². The van der Waals surface area contributed by atoms with E-state index in [1.165, 1.54) is 11.8 Å². The van der Waals surface area contributed by atoms with E-state index in [-0.39, 0.29) is 23.0 Å². The van der Waals surface area contributed by atoms with Crippen LogP contribution in [0.3, 0.4) is 0 Å². The van der Waals surface area contributed by atoms with Gasteiger partial charge in [-0.1, -0.05) is 48.2 Å². The number of hydrogen-bond acceptors (Lipinski definition) is 7. The molecule has 0 radical (unpaired) electrons. The van der Waals surface area contributed by atoms with Crippen LogP contribution < -0.4 is 10.1 Å². The fourth-order valence-electron chi connectivity index (χ4n) is 4.06. The number of ether oxygens (including phenoxy) is 1. The van der Waals surface area contributed by atoms with E-state index in [0.29, 0.717) is 39.1 Å². The van der Waals surface area contributed by atoms with Crippen molar-refractivity contribution in [1.29, 1.82) is 0 Å². The first kappa shape index (κ1) is 23.5. The molecule has 36 heavy (non-hydrogen) atoms. The summed E-state index contributed by atoms with van der Waals surface area (Å²) in [6.45, 7) is 1.77. The summed E-state index contributed by atoms with van der Waals surface area (Å²) in [4.78, 5) is 38.7. The summed E-state index contributed by atoms with van der Waals surface area (Å²) < 4.78 is 7.11. The normalized spacial score (nSPS) is 13.1. The van der Waals surface area contributed by atoms with Crippen molar-refractivity contribution in [3.63, 3.8) is 0 Å². The summed E-state index contributed by atoms with van der Waals surface area (Å²) in [5.74, 6) is 0.674. The number of amides is 1. The molecule has 1 aromatic heterocycles. The average molecular weight is 499 g/mol. The Balaban J connectivity index is 1.31. The second kappa shape index (κ2) is 9.43. The number of carbonyl (C=O) groups is 3. The molecule has 1 amide bonds. The van der Waals surface area contributed by atoms with Gasteiger partial charge in [-0.25, -0.2) is 0 Å². The first-order chi connectivity index (χ1) is 17.4. The molecule has 8 nitrogen and oxygen atoms in total. The van der Waals surface area contributed by atoms with Crippen LogP contribution in [0.15, 0.2) is 71.9 Å². The quantitative estimate of drug-likeness (QED) is 0.347. The molecular formula is C27H22N4O4S. The van der Waals surface area contributed by atoms with Crippen LogP contribution in [0.5, 0.6) is 5.75 Å². The Hall–Kier alpha value is -4.24. The Kier molecular flexibility index (Phi) is 6.15. The van der Waals surface area contributed by atoms with Gasteiger partial charge in [0.15, 0.2) is 22.5 Å². The molecule has 1 heterocycles. The third-order valence-corrected chi connectivity index (χ3v) is 7.14. The van der Waals surface area contributed by atoms with Gasteiger partial charge in [0.05, 0.1) is 12.4 Å². The van der Waals surface area contributed by atoms with E-state index in [1.807, 2.05) is 35.9 Å². The maximum Gasteiger partial charge on any atom is 0.237 e. The molecule has 1 aliphatic carbocycles. The molecule has 1 atom stereocenters. The second-order valence-electron chi connectivity index (χ2n) is 8.31. The summed E-state index contributed by atoms with van der Waals surface area (Å²) in [5, 5.41) is 11.5. The van der Waals surface area contributed by atoms with E-state index in [0.717, 1.165) is 5.56 Å². The van der Waals surface area contributed by atoms with Crippen molar-refractivity contribution in [2.45, 2.75) is 17.3 Å². The van der Waals surface area contributed by atoms with Crippen molar-refractivity contribution in [3.8, 4) is 17.1 Å². The number of thioether (sulfide) groups is 1. The summed E-state index contributed by atoms with van der Waals surface area (Å²) in [7, 11) is 3.44. The van der Waals surface area contributed by atoms with Gasteiger partial charge >= 0.3 is 0 Å². The molecule has 0 fully saturated rings. The fraction of sp³-hybridized carbons (Fsp3) is 0.148. The van der Waals surface area contributed by atoms with Gasteiger partial charge in [0, 0.05) is 40.6 Å². The second-order valence-corrected chi connectivity index (χ2v) is 9.62. The van der Waals surface area contributed by atoms with E-state index in [4.69, 9.17) is 4.74 Å². The van der Waals surface area contributed by atoms with Gasteiger partial charge in [-0.15, -0.1) is 10.2 Å².